The van der Waals surface area contributed by atoms with Crippen molar-refractivity contribution in [3.63, 3.8) is 0 Å². The summed E-state index contributed by atoms with van der Waals surface area (Å²) in [6.45, 7) is 0. The molecule has 0 aromatic carbocycles. The molecule has 2 aliphatic rings. The van der Waals surface area contributed by atoms with E-state index in [0.29, 0.717) is 5.92 Å². The number of piperidine rings is 1. The number of hydrogen-bond acceptors (Lipinski definition) is 2. The number of nitrogens with two attached hydrogens (primary N) is 1. The molecule has 3 atom stereocenters. The molecule has 1 aliphatic heterocycles. The van der Waals surface area contributed by atoms with Crippen molar-refractivity contribution in [1.29, 1.82) is 0 Å². The lowest BCUT2D eigenvalue weighted by molar-refractivity contribution is -0.124. The Morgan fingerprint density at radius 1 is 1.42 bits per heavy atom. The third-order valence-corrected chi connectivity index (χ3v) is 2.42. The maximum Gasteiger partial charge on any atom is 0.237 e. The van der Waals surface area contributed by atoms with Crippen LogP contribution in [0.5, 0.6) is 0 Å². The number of hydrogen-bond donors (Lipinski definition) is 2. The van der Waals surface area contributed by atoms with Crippen LogP contribution in [0.4, 0.5) is 0 Å². The number of carbonyl (C=O) groups is 1. The van der Waals surface area contributed by atoms with E-state index in [9.17, 15) is 4.79 Å². The maximum absolute atomic E-state index is 11.2. The lowest BCUT2D eigenvalue weighted by Gasteiger charge is -2.32. The summed E-state index contributed by atoms with van der Waals surface area (Å²) in [5.41, 5.74) is 5.62. The van der Waals surface area contributed by atoms with Crippen LogP contribution < -0.4 is 11.1 Å². The fourth-order valence-electron chi connectivity index (χ4n) is 1.71. The summed E-state index contributed by atoms with van der Waals surface area (Å²) in [5, 5.41) is 2.87. The highest BCUT2D eigenvalue weighted by Gasteiger charge is 2.31. The van der Waals surface area contributed by atoms with Gasteiger partial charge in [0, 0.05) is 5.92 Å². The van der Waals surface area contributed by atoms with Gasteiger partial charge in [0.05, 0.1) is 12.1 Å². The van der Waals surface area contributed by atoms with Crippen molar-refractivity contribution in [2.75, 3.05) is 0 Å². The molecule has 64 valence electrons. The highest BCUT2D eigenvalue weighted by Crippen LogP contribution is 2.21. The van der Waals surface area contributed by atoms with E-state index in [2.05, 4.69) is 11.4 Å². The fraction of sp³-hybridized carbons (Fsp3) is 0.444. The van der Waals surface area contributed by atoms with E-state index >= 15 is 0 Å². The number of rotatable bonds is 0. The van der Waals surface area contributed by atoms with E-state index in [1.54, 1.807) is 0 Å². The van der Waals surface area contributed by atoms with Crippen LogP contribution in [-0.2, 0) is 4.79 Å². The molecule has 0 aromatic heterocycles. The topological polar surface area (TPSA) is 55.1 Å². The van der Waals surface area contributed by atoms with Crippen molar-refractivity contribution < 1.29 is 4.79 Å². The first kappa shape index (κ1) is 7.55. The second kappa shape index (κ2) is 2.75. The Hall–Kier alpha value is -1.09. The minimum atomic E-state index is -0.331. The van der Waals surface area contributed by atoms with Gasteiger partial charge < -0.3 is 11.1 Å². The summed E-state index contributed by atoms with van der Waals surface area (Å²) >= 11 is 0. The van der Waals surface area contributed by atoms with Gasteiger partial charge >= 0.3 is 0 Å². The van der Waals surface area contributed by atoms with Gasteiger partial charge in [-0.1, -0.05) is 24.3 Å². The van der Waals surface area contributed by atoms with Crippen LogP contribution in [0.1, 0.15) is 6.42 Å². The molecule has 0 spiro atoms. The van der Waals surface area contributed by atoms with Gasteiger partial charge in [-0.05, 0) is 6.42 Å². The lowest BCUT2D eigenvalue weighted by Crippen LogP contribution is -2.54. The molecule has 0 radical (unpaired) electrons. The molecule has 2 rings (SSSR count). The molecule has 3 unspecified atom stereocenters. The Kier molecular flexibility index (Phi) is 1.73. The molecule has 0 saturated carbocycles. The number of amides is 1. The first-order chi connectivity index (χ1) is 5.77. The molecular weight excluding hydrogens is 152 g/mol. The molecule has 3 nitrogen and oxygen atoms in total. The van der Waals surface area contributed by atoms with Crippen LogP contribution in [0.3, 0.4) is 0 Å². The van der Waals surface area contributed by atoms with Crippen molar-refractivity contribution in [3.05, 3.63) is 24.3 Å². The Balaban J connectivity index is 2.14. The first-order valence-electron chi connectivity index (χ1n) is 4.18. The molecule has 1 fully saturated rings. The van der Waals surface area contributed by atoms with Crippen molar-refractivity contribution in [1.82, 2.24) is 5.32 Å². The average molecular weight is 164 g/mol. The van der Waals surface area contributed by atoms with Gasteiger partial charge in [-0.3, -0.25) is 4.79 Å². The molecule has 1 aliphatic carbocycles. The van der Waals surface area contributed by atoms with Crippen molar-refractivity contribution >= 4 is 5.91 Å². The Labute approximate surface area is 71.3 Å². The van der Waals surface area contributed by atoms with Gasteiger partial charge in [0.25, 0.3) is 0 Å². The summed E-state index contributed by atoms with van der Waals surface area (Å²) in [7, 11) is 0. The molecule has 0 aromatic rings. The highest BCUT2D eigenvalue weighted by molar-refractivity contribution is 5.83. The SMILES string of the molecule is NC1CC2C=CC=CC2NC1=O. The number of fused-ring (bicyclic) bond motifs is 1. The molecule has 1 heterocycles. The van der Waals surface area contributed by atoms with E-state index < -0.39 is 0 Å². The Morgan fingerprint density at radius 3 is 3.00 bits per heavy atom. The van der Waals surface area contributed by atoms with Crippen LogP contribution in [0, 0.1) is 5.92 Å². The van der Waals surface area contributed by atoms with E-state index in [0.717, 1.165) is 6.42 Å². The number of nitrogens with one attached hydrogen (secondary N) is 1. The van der Waals surface area contributed by atoms with Crippen molar-refractivity contribution in [3.8, 4) is 0 Å². The zero-order valence-electron chi connectivity index (χ0n) is 6.73. The zero-order chi connectivity index (χ0) is 8.55. The van der Waals surface area contributed by atoms with Gasteiger partial charge in [0.15, 0.2) is 0 Å². The lowest BCUT2D eigenvalue weighted by atomic mass is 9.85. The predicted octanol–water partition coefficient (Wildman–Crippen LogP) is -0.0556. The third-order valence-electron chi connectivity index (χ3n) is 2.42. The molecule has 3 N–H and O–H groups in total. The second-order valence-electron chi connectivity index (χ2n) is 3.31. The van der Waals surface area contributed by atoms with Crippen LogP contribution in [0.25, 0.3) is 0 Å². The van der Waals surface area contributed by atoms with Gasteiger partial charge in [0.1, 0.15) is 0 Å². The molecular formula is C9H12N2O. The summed E-state index contributed by atoms with van der Waals surface area (Å²) < 4.78 is 0. The van der Waals surface area contributed by atoms with E-state index in [1.807, 2.05) is 18.2 Å². The summed E-state index contributed by atoms with van der Waals surface area (Å²) in [6, 6.07) is -0.162. The molecule has 3 heteroatoms. The summed E-state index contributed by atoms with van der Waals surface area (Å²) in [6.07, 6.45) is 8.83. The quantitative estimate of drug-likeness (QED) is 0.527. The Morgan fingerprint density at radius 2 is 2.17 bits per heavy atom. The number of allylic oxidation sites excluding steroid dienone is 2. The summed E-state index contributed by atoms with van der Waals surface area (Å²) in [5.74, 6) is 0.360. The van der Waals surface area contributed by atoms with E-state index in [-0.39, 0.29) is 18.0 Å². The monoisotopic (exact) mass is 164 g/mol. The highest BCUT2D eigenvalue weighted by atomic mass is 16.2. The first-order valence-corrected chi connectivity index (χ1v) is 4.18. The molecule has 1 saturated heterocycles. The van der Waals surface area contributed by atoms with Gasteiger partial charge in [-0.15, -0.1) is 0 Å². The smallest absolute Gasteiger partial charge is 0.237 e. The van der Waals surface area contributed by atoms with Crippen LogP contribution in [-0.4, -0.2) is 18.0 Å². The molecule has 1 amide bonds. The van der Waals surface area contributed by atoms with Crippen LogP contribution >= 0.6 is 0 Å². The third kappa shape index (κ3) is 1.16. The van der Waals surface area contributed by atoms with Crippen LogP contribution in [0.15, 0.2) is 24.3 Å². The predicted molar refractivity (Wildman–Crippen MR) is 46.3 cm³/mol. The number of carbonyl (C=O) groups excluding carboxylic acids is 1. The molecule has 0 bridgehead atoms. The summed E-state index contributed by atoms with van der Waals surface area (Å²) in [4.78, 5) is 11.2. The maximum atomic E-state index is 11.2. The minimum absolute atomic E-state index is 0.0313. The molecule has 12 heavy (non-hydrogen) atoms. The van der Waals surface area contributed by atoms with Gasteiger partial charge in [-0.25, -0.2) is 0 Å². The Bertz CT molecular complexity index is 257. The van der Waals surface area contributed by atoms with Crippen LogP contribution in [0.2, 0.25) is 0 Å². The standard InChI is InChI=1S/C9H12N2O/c10-7-5-6-3-1-2-4-8(6)11-9(7)12/h1-4,6-8H,5,10H2,(H,11,12). The minimum Gasteiger partial charge on any atom is -0.348 e. The second-order valence-corrected chi connectivity index (χ2v) is 3.31. The zero-order valence-corrected chi connectivity index (χ0v) is 6.73. The average Bonchev–Trinajstić information content (AvgIpc) is 2.07. The largest absolute Gasteiger partial charge is 0.348 e. The van der Waals surface area contributed by atoms with Crippen molar-refractivity contribution in [2.24, 2.45) is 11.7 Å². The fourth-order valence-corrected chi connectivity index (χ4v) is 1.71. The van der Waals surface area contributed by atoms with Crippen molar-refractivity contribution in [2.45, 2.75) is 18.5 Å². The normalized spacial score (nSPS) is 39.1. The van der Waals surface area contributed by atoms with E-state index in [1.165, 1.54) is 0 Å². The van der Waals surface area contributed by atoms with E-state index in [4.69, 9.17) is 5.73 Å². The van der Waals surface area contributed by atoms with Gasteiger partial charge in [-0.2, -0.15) is 0 Å². The van der Waals surface area contributed by atoms with Gasteiger partial charge in [0.2, 0.25) is 5.91 Å².